The number of fused-ring (bicyclic) bond motifs is 1. The number of rotatable bonds is 5. The van der Waals surface area contributed by atoms with Crippen molar-refractivity contribution in [1.29, 1.82) is 0 Å². The number of hydrogen-bond acceptors (Lipinski definition) is 6. The molecule has 0 fully saturated rings. The molecule has 0 aromatic heterocycles. The van der Waals surface area contributed by atoms with E-state index in [-0.39, 0.29) is 11.8 Å². The predicted molar refractivity (Wildman–Crippen MR) is 86.2 cm³/mol. The first-order valence-corrected chi connectivity index (χ1v) is 7.71. The van der Waals surface area contributed by atoms with Crippen molar-refractivity contribution < 1.29 is 24.2 Å². The molecule has 0 radical (unpaired) electrons. The maximum Gasteiger partial charge on any atom is 0.337 e. The maximum absolute atomic E-state index is 11.9. The summed E-state index contributed by atoms with van der Waals surface area (Å²) in [5.74, 6) is -0.745. The van der Waals surface area contributed by atoms with Crippen molar-refractivity contribution in [2.24, 2.45) is 17.0 Å². The molecule has 0 bridgehead atoms. The van der Waals surface area contributed by atoms with Gasteiger partial charge in [-0.25, -0.2) is 4.79 Å². The number of oxime groups is 1. The molecule has 3 rings (SSSR count). The number of benzene rings is 1. The highest BCUT2D eigenvalue weighted by Gasteiger charge is 2.44. The molecule has 6 nitrogen and oxygen atoms in total. The first-order chi connectivity index (χ1) is 11.7. The molecule has 1 heterocycles. The lowest BCUT2D eigenvalue weighted by Crippen LogP contribution is -2.37. The van der Waals surface area contributed by atoms with Crippen LogP contribution in [0.1, 0.15) is 12.0 Å². The van der Waals surface area contributed by atoms with Gasteiger partial charge in [-0.2, -0.15) is 0 Å². The van der Waals surface area contributed by atoms with Gasteiger partial charge in [0.1, 0.15) is 0 Å². The van der Waals surface area contributed by atoms with Crippen LogP contribution in [-0.2, 0) is 25.6 Å². The molecule has 1 aliphatic carbocycles. The smallest absolute Gasteiger partial charge is 0.337 e. The monoisotopic (exact) mass is 329 g/mol. The third kappa shape index (κ3) is 3.19. The molecule has 1 aliphatic heterocycles. The number of esters is 1. The number of nitrogens with zero attached hydrogens (tertiary/aromatic N) is 1. The highest BCUT2D eigenvalue weighted by molar-refractivity contribution is 5.90. The normalized spacial score (nSPS) is 25.6. The Morgan fingerprint density at radius 2 is 2.21 bits per heavy atom. The molecule has 6 heteroatoms. The van der Waals surface area contributed by atoms with Gasteiger partial charge in [0, 0.05) is 5.92 Å². The van der Waals surface area contributed by atoms with Gasteiger partial charge in [0.15, 0.2) is 0 Å². The molecule has 2 unspecified atom stereocenters. The zero-order valence-corrected chi connectivity index (χ0v) is 13.3. The Balaban J connectivity index is 1.79. The van der Waals surface area contributed by atoms with E-state index in [1.54, 1.807) is 0 Å². The summed E-state index contributed by atoms with van der Waals surface area (Å²) in [4.78, 5) is 11.9. The highest BCUT2D eigenvalue weighted by atomic mass is 16.7. The maximum atomic E-state index is 11.9. The van der Waals surface area contributed by atoms with Gasteiger partial charge in [0.2, 0.25) is 6.29 Å². The van der Waals surface area contributed by atoms with E-state index in [0.717, 1.165) is 11.1 Å². The fourth-order valence-corrected chi connectivity index (χ4v) is 3.18. The van der Waals surface area contributed by atoms with E-state index in [2.05, 4.69) is 5.16 Å². The van der Waals surface area contributed by atoms with Crippen molar-refractivity contribution in [2.75, 3.05) is 7.11 Å². The minimum atomic E-state index is -0.560. The quantitative estimate of drug-likeness (QED) is 0.389. The van der Waals surface area contributed by atoms with Gasteiger partial charge >= 0.3 is 5.97 Å². The Labute approximate surface area is 140 Å². The topological polar surface area (TPSA) is 77.4 Å². The fourth-order valence-electron chi connectivity index (χ4n) is 3.18. The van der Waals surface area contributed by atoms with E-state index in [1.165, 1.54) is 19.6 Å². The summed E-state index contributed by atoms with van der Waals surface area (Å²) in [5.41, 5.74) is 2.29. The molecule has 1 N–H and O–H groups in total. The number of methoxy groups -OCH3 is 1. The van der Waals surface area contributed by atoms with Crippen LogP contribution in [0.3, 0.4) is 0 Å². The standard InChI is InChI=1S/C18H19NO5/c1-22-17(20)15-11-24-18(23-10-12-5-3-2-4-6-12)16-13(9-19-21)7-8-14(15)16/h2-7,9,11,14,16,18,21H,8,10H2,1H3/b19-9+/t14?,16?,18-/m1/s1. The molecule has 0 amide bonds. The van der Waals surface area contributed by atoms with E-state index in [0.29, 0.717) is 18.6 Å². The van der Waals surface area contributed by atoms with E-state index < -0.39 is 12.3 Å². The predicted octanol–water partition coefficient (Wildman–Crippen LogP) is 2.64. The summed E-state index contributed by atoms with van der Waals surface area (Å²) >= 11 is 0. The Morgan fingerprint density at radius 3 is 2.92 bits per heavy atom. The Bertz CT molecular complexity index is 680. The SMILES string of the molecule is COC(=O)C1=CO[C@@H](OCc2ccccc2)C2C(/C=N/O)=CCC12. The first kappa shape index (κ1) is 16.3. The minimum absolute atomic E-state index is 0.111. The van der Waals surface area contributed by atoms with Crippen molar-refractivity contribution in [3.8, 4) is 0 Å². The largest absolute Gasteiger partial charge is 0.471 e. The number of carbonyl (C=O) groups is 1. The van der Waals surface area contributed by atoms with Gasteiger partial charge in [0.05, 0.1) is 37.7 Å². The molecule has 24 heavy (non-hydrogen) atoms. The molecule has 0 spiro atoms. The summed E-state index contributed by atoms with van der Waals surface area (Å²) in [6.07, 6.45) is 4.80. The summed E-state index contributed by atoms with van der Waals surface area (Å²) in [6.45, 7) is 0.389. The van der Waals surface area contributed by atoms with Crippen molar-refractivity contribution in [3.05, 3.63) is 59.4 Å². The van der Waals surface area contributed by atoms with Crippen molar-refractivity contribution >= 4 is 12.2 Å². The van der Waals surface area contributed by atoms with Crippen LogP contribution in [0, 0.1) is 11.8 Å². The van der Waals surface area contributed by atoms with Gasteiger partial charge < -0.3 is 19.4 Å². The van der Waals surface area contributed by atoms with E-state index >= 15 is 0 Å². The Kier molecular flexibility index (Phi) is 4.96. The van der Waals surface area contributed by atoms with Crippen LogP contribution < -0.4 is 0 Å². The van der Waals surface area contributed by atoms with Crippen LogP contribution in [0.5, 0.6) is 0 Å². The first-order valence-electron chi connectivity index (χ1n) is 7.71. The van der Waals surface area contributed by atoms with Gasteiger partial charge in [-0.15, -0.1) is 0 Å². The molecule has 126 valence electrons. The number of ether oxygens (including phenoxy) is 3. The lowest BCUT2D eigenvalue weighted by atomic mass is 9.83. The Hall–Kier alpha value is -2.60. The molecule has 1 aromatic rings. The number of hydrogen-bond donors (Lipinski definition) is 1. The Morgan fingerprint density at radius 1 is 1.42 bits per heavy atom. The lowest BCUT2D eigenvalue weighted by Gasteiger charge is -2.34. The van der Waals surface area contributed by atoms with Gasteiger partial charge in [0.25, 0.3) is 0 Å². The molecular weight excluding hydrogens is 310 g/mol. The van der Waals surface area contributed by atoms with Gasteiger partial charge in [-0.1, -0.05) is 41.6 Å². The van der Waals surface area contributed by atoms with Crippen molar-refractivity contribution in [2.45, 2.75) is 19.3 Å². The lowest BCUT2D eigenvalue weighted by molar-refractivity contribution is -0.159. The van der Waals surface area contributed by atoms with Crippen LogP contribution in [-0.4, -0.2) is 30.8 Å². The van der Waals surface area contributed by atoms with Crippen LogP contribution in [0.25, 0.3) is 0 Å². The molecule has 0 saturated heterocycles. The fraction of sp³-hybridized carbons (Fsp3) is 0.333. The highest BCUT2D eigenvalue weighted by Crippen LogP contribution is 2.43. The summed E-state index contributed by atoms with van der Waals surface area (Å²) in [6, 6.07) is 9.76. The van der Waals surface area contributed by atoms with E-state index in [4.69, 9.17) is 19.4 Å². The molecule has 0 saturated carbocycles. The number of carbonyl (C=O) groups excluding carboxylic acids is 1. The van der Waals surface area contributed by atoms with Gasteiger partial charge in [-0.3, -0.25) is 0 Å². The molecule has 1 aromatic carbocycles. The average Bonchev–Trinajstić information content (AvgIpc) is 3.04. The van der Waals surface area contributed by atoms with E-state index in [9.17, 15) is 4.79 Å². The summed E-state index contributed by atoms with van der Waals surface area (Å²) < 4.78 is 16.4. The third-order valence-corrected chi connectivity index (χ3v) is 4.33. The van der Waals surface area contributed by atoms with Crippen molar-refractivity contribution in [1.82, 2.24) is 0 Å². The molecule has 2 aliphatic rings. The number of allylic oxidation sites excluding steroid dienone is 1. The van der Waals surface area contributed by atoms with E-state index in [1.807, 2.05) is 36.4 Å². The minimum Gasteiger partial charge on any atom is -0.471 e. The zero-order chi connectivity index (χ0) is 16.9. The average molecular weight is 329 g/mol. The van der Waals surface area contributed by atoms with Crippen molar-refractivity contribution in [3.63, 3.8) is 0 Å². The zero-order valence-electron chi connectivity index (χ0n) is 13.3. The van der Waals surface area contributed by atoms with Crippen LogP contribution in [0.4, 0.5) is 0 Å². The third-order valence-electron chi connectivity index (χ3n) is 4.33. The second kappa shape index (κ2) is 7.31. The van der Waals surface area contributed by atoms with Crippen LogP contribution >= 0.6 is 0 Å². The summed E-state index contributed by atoms with van der Waals surface area (Å²) in [5, 5.41) is 12.0. The second-order valence-electron chi connectivity index (χ2n) is 5.68. The second-order valence-corrected chi connectivity index (χ2v) is 5.68. The van der Waals surface area contributed by atoms with Crippen LogP contribution in [0.2, 0.25) is 0 Å². The molecule has 3 atom stereocenters. The molecular formula is C18H19NO5. The summed E-state index contributed by atoms with van der Waals surface area (Å²) in [7, 11) is 1.34. The van der Waals surface area contributed by atoms with Gasteiger partial charge in [-0.05, 0) is 17.6 Å². The van der Waals surface area contributed by atoms with Crippen LogP contribution in [0.15, 0.2) is 59.0 Å².